The first kappa shape index (κ1) is 11.5. The molecule has 0 aliphatic heterocycles. The molecule has 17 heavy (non-hydrogen) atoms. The number of hydrogen-bond donors (Lipinski definition) is 2. The van der Waals surface area contributed by atoms with Crippen LogP contribution in [0.3, 0.4) is 0 Å². The minimum atomic E-state index is -0.134. The zero-order valence-electron chi connectivity index (χ0n) is 9.19. The zero-order chi connectivity index (χ0) is 12.4. The lowest BCUT2D eigenvalue weighted by Crippen LogP contribution is -2.11. The van der Waals surface area contributed by atoms with Crippen LogP contribution < -0.4 is 11.1 Å². The molecule has 88 valence electrons. The van der Waals surface area contributed by atoms with E-state index in [-0.39, 0.29) is 5.91 Å². The van der Waals surface area contributed by atoms with Gasteiger partial charge in [-0.2, -0.15) is 0 Å². The minimum Gasteiger partial charge on any atom is -0.375 e. The zero-order valence-corrected chi connectivity index (χ0v) is 10.0. The highest BCUT2D eigenvalue weighted by Gasteiger charge is 2.12. The molecule has 5 nitrogen and oxygen atoms in total. The number of benzene rings is 1. The standard InChI is InChI=1S/C11H11N3O2S/c1-2-9(16)13-7-3-4-8-10(6(7)5-15)17-11(12)14-8/h3-5H,2H2,1H3,(H2,12,14)(H,13,16). The van der Waals surface area contributed by atoms with Gasteiger partial charge in [0.25, 0.3) is 0 Å². The van der Waals surface area contributed by atoms with Crippen LogP contribution >= 0.6 is 11.3 Å². The molecule has 1 aromatic heterocycles. The molecule has 0 aliphatic carbocycles. The summed E-state index contributed by atoms with van der Waals surface area (Å²) in [6, 6.07) is 3.40. The molecular weight excluding hydrogens is 238 g/mol. The van der Waals surface area contributed by atoms with Crippen LogP contribution in [0.15, 0.2) is 12.1 Å². The van der Waals surface area contributed by atoms with Crippen molar-refractivity contribution in [3.63, 3.8) is 0 Å². The van der Waals surface area contributed by atoms with E-state index in [9.17, 15) is 9.59 Å². The van der Waals surface area contributed by atoms with E-state index in [1.54, 1.807) is 19.1 Å². The Labute approximate surface area is 102 Å². The summed E-state index contributed by atoms with van der Waals surface area (Å²) in [6.07, 6.45) is 1.08. The van der Waals surface area contributed by atoms with Crippen molar-refractivity contribution in [2.45, 2.75) is 13.3 Å². The molecule has 2 aromatic rings. The van der Waals surface area contributed by atoms with E-state index in [4.69, 9.17) is 5.73 Å². The number of amides is 1. The topological polar surface area (TPSA) is 85.1 Å². The molecule has 0 radical (unpaired) electrons. The van der Waals surface area contributed by atoms with Gasteiger partial charge in [-0.1, -0.05) is 18.3 Å². The lowest BCUT2D eigenvalue weighted by atomic mass is 10.1. The average molecular weight is 249 g/mol. The molecular formula is C11H11N3O2S. The SMILES string of the molecule is CCC(=O)Nc1ccc2nc(N)sc2c1C=O. The molecule has 0 saturated heterocycles. The molecule has 6 heteroatoms. The van der Waals surface area contributed by atoms with Crippen molar-refractivity contribution < 1.29 is 9.59 Å². The predicted molar refractivity (Wildman–Crippen MR) is 68.3 cm³/mol. The molecule has 0 atom stereocenters. The van der Waals surface area contributed by atoms with Crippen LogP contribution in [0.4, 0.5) is 10.8 Å². The number of nitrogens with zero attached hydrogens (tertiary/aromatic N) is 1. The van der Waals surface area contributed by atoms with Gasteiger partial charge in [-0.25, -0.2) is 4.98 Å². The molecule has 0 fully saturated rings. The van der Waals surface area contributed by atoms with Gasteiger partial charge >= 0.3 is 0 Å². The van der Waals surface area contributed by atoms with Crippen molar-refractivity contribution in [2.75, 3.05) is 11.1 Å². The number of carbonyl (C=O) groups is 2. The maximum atomic E-state index is 11.3. The maximum Gasteiger partial charge on any atom is 0.224 e. The lowest BCUT2D eigenvalue weighted by molar-refractivity contribution is -0.115. The molecule has 0 unspecified atom stereocenters. The van der Waals surface area contributed by atoms with Crippen molar-refractivity contribution in [3.05, 3.63) is 17.7 Å². The Balaban J connectivity index is 2.56. The van der Waals surface area contributed by atoms with Crippen molar-refractivity contribution in [2.24, 2.45) is 0 Å². The van der Waals surface area contributed by atoms with Gasteiger partial charge in [0, 0.05) is 6.42 Å². The van der Waals surface area contributed by atoms with Crippen LogP contribution in [0.2, 0.25) is 0 Å². The maximum absolute atomic E-state index is 11.3. The van der Waals surface area contributed by atoms with E-state index in [2.05, 4.69) is 10.3 Å². The second kappa shape index (κ2) is 4.50. The fourth-order valence-corrected chi connectivity index (χ4v) is 2.33. The largest absolute Gasteiger partial charge is 0.375 e. The fourth-order valence-electron chi connectivity index (χ4n) is 1.49. The highest BCUT2D eigenvalue weighted by atomic mass is 32.1. The van der Waals surface area contributed by atoms with Crippen LogP contribution in [0.5, 0.6) is 0 Å². The summed E-state index contributed by atoms with van der Waals surface area (Å²) in [5.41, 5.74) is 7.20. The molecule has 2 rings (SSSR count). The van der Waals surface area contributed by atoms with E-state index in [1.807, 2.05) is 0 Å². The summed E-state index contributed by atoms with van der Waals surface area (Å²) in [7, 11) is 0. The summed E-state index contributed by atoms with van der Waals surface area (Å²) in [5.74, 6) is -0.134. The first-order chi connectivity index (χ1) is 8.15. The summed E-state index contributed by atoms with van der Waals surface area (Å²) < 4.78 is 0.700. The van der Waals surface area contributed by atoms with Gasteiger partial charge in [0.2, 0.25) is 5.91 Å². The Morgan fingerprint density at radius 3 is 3.00 bits per heavy atom. The van der Waals surface area contributed by atoms with Gasteiger partial charge in [0.1, 0.15) is 0 Å². The number of nitrogens with two attached hydrogens (primary N) is 1. The van der Waals surface area contributed by atoms with Crippen LogP contribution in [0.1, 0.15) is 23.7 Å². The van der Waals surface area contributed by atoms with Crippen molar-refractivity contribution >= 4 is 44.6 Å². The third-order valence-electron chi connectivity index (χ3n) is 2.33. The van der Waals surface area contributed by atoms with Gasteiger partial charge in [-0.3, -0.25) is 9.59 Å². The number of rotatable bonds is 3. The quantitative estimate of drug-likeness (QED) is 0.815. The monoisotopic (exact) mass is 249 g/mol. The number of fused-ring (bicyclic) bond motifs is 1. The molecule has 1 aromatic carbocycles. The lowest BCUT2D eigenvalue weighted by Gasteiger charge is -2.06. The number of hydrogen-bond acceptors (Lipinski definition) is 5. The number of aromatic nitrogens is 1. The van der Waals surface area contributed by atoms with Crippen molar-refractivity contribution in [3.8, 4) is 0 Å². The highest BCUT2D eigenvalue weighted by Crippen LogP contribution is 2.30. The van der Waals surface area contributed by atoms with Crippen molar-refractivity contribution in [1.29, 1.82) is 0 Å². The second-order valence-electron chi connectivity index (χ2n) is 3.45. The van der Waals surface area contributed by atoms with Crippen LogP contribution in [0, 0.1) is 0 Å². The van der Waals surface area contributed by atoms with E-state index >= 15 is 0 Å². The molecule has 1 heterocycles. The number of aldehydes is 1. The van der Waals surface area contributed by atoms with E-state index in [0.717, 1.165) is 0 Å². The number of nitrogens with one attached hydrogen (secondary N) is 1. The van der Waals surface area contributed by atoms with Gasteiger partial charge in [0.05, 0.1) is 21.5 Å². The Kier molecular flexibility index (Phi) is 3.06. The van der Waals surface area contributed by atoms with Crippen molar-refractivity contribution in [1.82, 2.24) is 4.98 Å². The van der Waals surface area contributed by atoms with E-state index in [0.29, 0.717) is 39.3 Å². The smallest absolute Gasteiger partial charge is 0.224 e. The second-order valence-corrected chi connectivity index (χ2v) is 4.48. The molecule has 0 spiro atoms. The number of thiazole rings is 1. The van der Waals surface area contributed by atoms with Crippen LogP contribution in [0.25, 0.3) is 10.2 Å². The van der Waals surface area contributed by atoms with Gasteiger partial charge in [0.15, 0.2) is 11.4 Å². The summed E-state index contributed by atoms with van der Waals surface area (Å²) in [5, 5.41) is 3.09. The first-order valence-electron chi connectivity index (χ1n) is 5.09. The summed E-state index contributed by atoms with van der Waals surface area (Å²) in [6.45, 7) is 1.75. The predicted octanol–water partition coefficient (Wildman–Crippen LogP) is 2.04. The Bertz CT molecular complexity index is 592. The Morgan fingerprint density at radius 1 is 1.59 bits per heavy atom. The molecule has 0 saturated carbocycles. The van der Waals surface area contributed by atoms with Crippen LogP contribution in [-0.4, -0.2) is 17.2 Å². The highest BCUT2D eigenvalue weighted by molar-refractivity contribution is 7.22. The molecule has 3 N–H and O–H groups in total. The summed E-state index contributed by atoms with van der Waals surface area (Å²) in [4.78, 5) is 26.5. The number of nitrogen functional groups attached to an aromatic ring is 1. The van der Waals surface area contributed by atoms with Crippen LogP contribution in [-0.2, 0) is 4.79 Å². The fraction of sp³-hybridized carbons (Fsp3) is 0.182. The van der Waals surface area contributed by atoms with Gasteiger partial charge < -0.3 is 11.1 Å². The van der Waals surface area contributed by atoms with E-state index in [1.165, 1.54) is 11.3 Å². The molecule has 0 aliphatic rings. The Hall–Kier alpha value is -1.95. The number of carbonyl (C=O) groups excluding carboxylic acids is 2. The summed E-state index contributed by atoms with van der Waals surface area (Å²) >= 11 is 1.24. The van der Waals surface area contributed by atoms with Gasteiger partial charge in [-0.15, -0.1) is 0 Å². The Morgan fingerprint density at radius 2 is 2.35 bits per heavy atom. The third-order valence-corrected chi connectivity index (χ3v) is 3.26. The van der Waals surface area contributed by atoms with E-state index < -0.39 is 0 Å². The third kappa shape index (κ3) is 2.12. The minimum absolute atomic E-state index is 0.134. The molecule has 0 bridgehead atoms. The number of anilines is 2. The average Bonchev–Trinajstić information content (AvgIpc) is 2.69. The molecule has 1 amide bonds. The normalized spacial score (nSPS) is 10.4. The first-order valence-corrected chi connectivity index (χ1v) is 5.91. The van der Waals surface area contributed by atoms with Gasteiger partial charge in [-0.05, 0) is 12.1 Å².